The monoisotopic (exact) mass is 275 g/mol. The molecule has 0 spiro atoms. The van der Waals surface area contributed by atoms with E-state index in [0.717, 1.165) is 38.0 Å². The highest BCUT2D eigenvalue weighted by Crippen LogP contribution is 2.18. The van der Waals surface area contributed by atoms with Gasteiger partial charge < -0.3 is 4.90 Å². The number of halogens is 1. The molecular weight excluding hydrogens is 253 g/mol. The second kappa shape index (κ2) is 6.83. The van der Waals surface area contributed by atoms with Crippen LogP contribution in [0.1, 0.15) is 30.9 Å². The molecule has 0 aromatic heterocycles. The molecule has 0 bridgehead atoms. The van der Waals surface area contributed by atoms with Crippen molar-refractivity contribution in [3.8, 4) is 6.07 Å². The molecule has 3 nitrogen and oxygen atoms in total. The Kier molecular flexibility index (Phi) is 5.11. The number of rotatable bonds is 4. The van der Waals surface area contributed by atoms with Gasteiger partial charge in [0.15, 0.2) is 0 Å². The van der Waals surface area contributed by atoms with Gasteiger partial charge in [0, 0.05) is 12.6 Å². The first-order chi connectivity index (χ1) is 9.62. The summed E-state index contributed by atoms with van der Waals surface area (Å²) in [7, 11) is 2.09. The van der Waals surface area contributed by atoms with Crippen LogP contribution in [-0.2, 0) is 6.54 Å². The molecule has 0 N–H and O–H groups in total. The van der Waals surface area contributed by atoms with Crippen LogP contribution in [0.25, 0.3) is 0 Å². The molecule has 0 saturated carbocycles. The van der Waals surface area contributed by atoms with Gasteiger partial charge in [-0.3, -0.25) is 4.90 Å². The maximum atomic E-state index is 13.4. The Hall–Kier alpha value is -1.44. The van der Waals surface area contributed by atoms with Gasteiger partial charge in [-0.1, -0.05) is 6.92 Å². The topological polar surface area (TPSA) is 30.3 Å². The third-order valence-electron chi connectivity index (χ3n) is 4.15. The van der Waals surface area contributed by atoms with Crippen molar-refractivity contribution in [2.24, 2.45) is 0 Å². The quantitative estimate of drug-likeness (QED) is 0.846. The van der Waals surface area contributed by atoms with Gasteiger partial charge in [0.2, 0.25) is 0 Å². The van der Waals surface area contributed by atoms with Crippen LogP contribution in [0, 0.1) is 17.1 Å². The average molecular weight is 275 g/mol. The molecule has 0 atom stereocenters. The lowest BCUT2D eigenvalue weighted by Gasteiger charge is -2.36. The second-order valence-corrected chi connectivity index (χ2v) is 5.54. The molecule has 2 rings (SSSR count). The van der Waals surface area contributed by atoms with Gasteiger partial charge >= 0.3 is 0 Å². The fraction of sp³-hybridized carbons (Fsp3) is 0.562. The van der Waals surface area contributed by atoms with Crippen LogP contribution in [0.15, 0.2) is 18.2 Å². The van der Waals surface area contributed by atoms with Gasteiger partial charge in [-0.05, 0) is 63.3 Å². The van der Waals surface area contributed by atoms with Crippen molar-refractivity contribution >= 4 is 0 Å². The first-order valence-electron chi connectivity index (χ1n) is 7.24. The highest BCUT2D eigenvalue weighted by atomic mass is 19.1. The molecule has 1 saturated heterocycles. The van der Waals surface area contributed by atoms with Gasteiger partial charge in [-0.25, -0.2) is 4.39 Å². The molecule has 1 aliphatic rings. The predicted molar refractivity (Wildman–Crippen MR) is 77.7 cm³/mol. The van der Waals surface area contributed by atoms with E-state index in [4.69, 9.17) is 5.26 Å². The van der Waals surface area contributed by atoms with Crippen molar-refractivity contribution in [2.45, 2.75) is 32.4 Å². The van der Waals surface area contributed by atoms with Crippen LogP contribution in [0.3, 0.4) is 0 Å². The first kappa shape index (κ1) is 15.0. The Bertz CT molecular complexity index is 487. The molecule has 108 valence electrons. The summed E-state index contributed by atoms with van der Waals surface area (Å²) in [6.07, 6.45) is 2.32. The molecular formula is C16H22FN3. The van der Waals surface area contributed by atoms with Crippen LogP contribution in [-0.4, -0.2) is 42.5 Å². The summed E-state index contributed by atoms with van der Waals surface area (Å²) in [6.45, 7) is 6.28. The van der Waals surface area contributed by atoms with Crippen molar-refractivity contribution in [3.63, 3.8) is 0 Å². The number of nitriles is 1. The van der Waals surface area contributed by atoms with E-state index in [1.165, 1.54) is 12.1 Å². The fourth-order valence-electron chi connectivity index (χ4n) is 2.90. The molecule has 1 aromatic rings. The largest absolute Gasteiger partial charge is 0.303 e. The van der Waals surface area contributed by atoms with E-state index in [-0.39, 0.29) is 5.82 Å². The van der Waals surface area contributed by atoms with E-state index in [0.29, 0.717) is 18.2 Å². The van der Waals surface area contributed by atoms with Crippen molar-refractivity contribution in [1.29, 1.82) is 5.26 Å². The Balaban J connectivity index is 1.96. The molecule has 0 unspecified atom stereocenters. The summed E-state index contributed by atoms with van der Waals surface area (Å²) >= 11 is 0. The van der Waals surface area contributed by atoms with Crippen LogP contribution in [0.2, 0.25) is 0 Å². The van der Waals surface area contributed by atoms with Gasteiger partial charge in [0.05, 0.1) is 11.6 Å². The first-order valence-corrected chi connectivity index (χ1v) is 7.24. The van der Waals surface area contributed by atoms with E-state index in [1.807, 2.05) is 6.07 Å². The summed E-state index contributed by atoms with van der Waals surface area (Å²) in [6, 6.07) is 7.14. The molecule has 0 amide bonds. The van der Waals surface area contributed by atoms with Crippen LogP contribution in [0.5, 0.6) is 0 Å². The molecule has 4 heteroatoms. The Labute approximate surface area is 120 Å². The predicted octanol–water partition coefficient (Wildman–Crippen LogP) is 2.61. The lowest BCUT2D eigenvalue weighted by atomic mass is 10.0. The van der Waals surface area contributed by atoms with E-state index in [2.05, 4.69) is 23.8 Å². The third kappa shape index (κ3) is 3.78. The number of piperidine rings is 1. The smallest absolute Gasteiger partial charge is 0.124 e. The normalized spacial score (nSPS) is 17.4. The minimum atomic E-state index is -0.326. The van der Waals surface area contributed by atoms with E-state index < -0.39 is 0 Å². The fourth-order valence-corrected chi connectivity index (χ4v) is 2.90. The number of likely N-dealkylation sites (tertiary alicyclic amines) is 1. The molecule has 1 fully saturated rings. The zero-order valence-corrected chi connectivity index (χ0v) is 12.3. The third-order valence-corrected chi connectivity index (χ3v) is 4.15. The number of hydrogen-bond acceptors (Lipinski definition) is 3. The summed E-state index contributed by atoms with van der Waals surface area (Å²) < 4.78 is 13.4. The van der Waals surface area contributed by atoms with Crippen molar-refractivity contribution < 1.29 is 4.39 Å². The minimum absolute atomic E-state index is 0.326. The van der Waals surface area contributed by atoms with Crippen molar-refractivity contribution in [2.75, 3.05) is 26.7 Å². The maximum absolute atomic E-state index is 13.4. The molecule has 0 aliphatic carbocycles. The van der Waals surface area contributed by atoms with E-state index in [1.54, 1.807) is 6.07 Å². The van der Waals surface area contributed by atoms with Gasteiger partial charge in [0.1, 0.15) is 5.82 Å². The van der Waals surface area contributed by atoms with Gasteiger partial charge in [-0.2, -0.15) is 5.26 Å². The molecule has 1 aliphatic heterocycles. The van der Waals surface area contributed by atoms with Crippen LogP contribution >= 0.6 is 0 Å². The van der Waals surface area contributed by atoms with Crippen molar-refractivity contribution in [1.82, 2.24) is 9.80 Å². The number of benzene rings is 1. The van der Waals surface area contributed by atoms with Gasteiger partial charge in [0.25, 0.3) is 0 Å². The molecule has 0 radical (unpaired) electrons. The lowest BCUT2D eigenvalue weighted by molar-refractivity contribution is 0.127. The SMILES string of the molecule is CCN1CCC(N(C)Cc2cc(F)cc(C#N)c2)CC1. The molecule has 1 heterocycles. The zero-order valence-electron chi connectivity index (χ0n) is 12.3. The van der Waals surface area contributed by atoms with E-state index >= 15 is 0 Å². The summed E-state index contributed by atoms with van der Waals surface area (Å²) in [5.74, 6) is -0.326. The Morgan fingerprint density at radius 1 is 1.35 bits per heavy atom. The number of nitrogens with zero attached hydrogens (tertiary/aromatic N) is 3. The van der Waals surface area contributed by atoms with Crippen LogP contribution < -0.4 is 0 Å². The highest BCUT2D eigenvalue weighted by Gasteiger charge is 2.21. The minimum Gasteiger partial charge on any atom is -0.303 e. The maximum Gasteiger partial charge on any atom is 0.124 e. The lowest BCUT2D eigenvalue weighted by Crippen LogP contribution is -2.42. The second-order valence-electron chi connectivity index (χ2n) is 5.54. The van der Waals surface area contributed by atoms with E-state index in [9.17, 15) is 4.39 Å². The van der Waals surface area contributed by atoms with Gasteiger partial charge in [-0.15, -0.1) is 0 Å². The zero-order chi connectivity index (χ0) is 14.5. The Morgan fingerprint density at radius 3 is 2.65 bits per heavy atom. The summed E-state index contributed by atoms with van der Waals surface area (Å²) in [5, 5.41) is 8.89. The highest BCUT2D eigenvalue weighted by molar-refractivity contribution is 5.33. The average Bonchev–Trinajstić information content (AvgIpc) is 2.46. The standard InChI is InChI=1S/C16H22FN3/c1-3-20-6-4-16(5-7-20)19(2)12-14-8-13(11-18)9-15(17)10-14/h8-10,16H,3-7,12H2,1-2H3. The summed E-state index contributed by atoms with van der Waals surface area (Å²) in [5.41, 5.74) is 1.27. The van der Waals surface area contributed by atoms with Crippen molar-refractivity contribution in [3.05, 3.63) is 35.1 Å². The molecule has 1 aromatic carbocycles. The Morgan fingerprint density at radius 2 is 2.05 bits per heavy atom. The molecule has 20 heavy (non-hydrogen) atoms. The number of hydrogen-bond donors (Lipinski definition) is 0. The van der Waals surface area contributed by atoms with Crippen LogP contribution in [0.4, 0.5) is 4.39 Å². The summed E-state index contributed by atoms with van der Waals surface area (Å²) in [4.78, 5) is 4.74.